The number of anilines is 2. The number of benzene rings is 2. The minimum Gasteiger partial charge on any atom is -0.341 e. The second-order valence-electron chi connectivity index (χ2n) is 7.44. The number of para-hydroxylation sites is 1. The van der Waals surface area contributed by atoms with E-state index in [0.29, 0.717) is 25.9 Å². The number of carbonyl (C=O) groups is 3. The van der Waals surface area contributed by atoms with Crippen molar-refractivity contribution in [1.82, 2.24) is 4.90 Å². The van der Waals surface area contributed by atoms with Crippen molar-refractivity contribution in [3.05, 3.63) is 54.1 Å². The molecule has 1 atom stereocenters. The van der Waals surface area contributed by atoms with E-state index in [2.05, 4.69) is 10.6 Å². The van der Waals surface area contributed by atoms with Crippen LogP contribution in [-0.4, -0.2) is 41.0 Å². The van der Waals surface area contributed by atoms with Crippen LogP contribution in [0.4, 0.5) is 11.4 Å². The van der Waals surface area contributed by atoms with E-state index in [4.69, 9.17) is 0 Å². The van der Waals surface area contributed by atoms with Crippen LogP contribution in [0.5, 0.6) is 0 Å². The number of thioether (sulfide) groups is 1. The Morgan fingerprint density at radius 3 is 2.62 bits per heavy atom. The molecule has 1 saturated heterocycles. The van der Waals surface area contributed by atoms with Crippen molar-refractivity contribution < 1.29 is 14.4 Å². The summed E-state index contributed by atoms with van der Waals surface area (Å²) in [4.78, 5) is 40.5. The molecular formula is C22H23N3O3S. The molecule has 7 heteroatoms. The molecule has 0 saturated carbocycles. The first-order valence-corrected chi connectivity index (χ1v) is 10.6. The molecule has 3 amide bonds. The topological polar surface area (TPSA) is 78.5 Å². The molecule has 150 valence electrons. The Morgan fingerprint density at radius 1 is 1.10 bits per heavy atom. The van der Waals surface area contributed by atoms with Gasteiger partial charge in [-0.2, -0.15) is 0 Å². The van der Waals surface area contributed by atoms with Crippen molar-refractivity contribution in [3.8, 4) is 0 Å². The maximum absolute atomic E-state index is 12.9. The van der Waals surface area contributed by atoms with Gasteiger partial charge in [0.15, 0.2) is 5.25 Å². The predicted molar refractivity (Wildman–Crippen MR) is 114 cm³/mol. The Hall–Kier alpha value is -2.80. The van der Waals surface area contributed by atoms with Gasteiger partial charge in [-0.25, -0.2) is 0 Å². The van der Waals surface area contributed by atoms with Gasteiger partial charge >= 0.3 is 0 Å². The van der Waals surface area contributed by atoms with E-state index in [1.54, 1.807) is 4.90 Å². The van der Waals surface area contributed by atoms with Crippen molar-refractivity contribution in [3.63, 3.8) is 0 Å². The number of carbonyl (C=O) groups excluding carboxylic acids is 3. The Labute approximate surface area is 174 Å². The summed E-state index contributed by atoms with van der Waals surface area (Å²) in [6, 6.07) is 15.2. The summed E-state index contributed by atoms with van der Waals surface area (Å²) < 4.78 is 0. The van der Waals surface area contributed by atoms with E-state index in [9.17, 15) is 14.4 Å². The second kappa shape index (κ2) is 8.29. The molecule has 0 spiro atoms. The fraction of sp³-hybridized carbons (Fsp3) is 0.318. The maximum Gasteiger partial charge on any atom is 0.247 e. The number of hydrogen-bond acceptors (Lipinski definition) is 4. The number of aryl methyl sites for hydroxylation is 1. The van der Waals surface area contributed by atoms with Gasteiger partial charge in [-0.05, 0) is 49.6 Å². The van der Waals surface area contributed by atoms with Gasteiger partial charge in [0.2, 0.25) is 17.7 Å². The summed E-state index contributed by atoms with van der Waals surface area (Å²) in [5.74, 6) is -0.605. The molecule has 0 bridgehead atoms. The average molecular weight is 410 g/mol. The van der Waals surface area contributed by atoms with Crippen molar-refractivity contribution >= 4 is 40.9 Å². The lowest BCUT2D eigenvalue weighted by Crippen LogP contribution is -2.48. The number of rotatable bonds is 3. The van der Waals surface area contributed by atoms with Crippen molar-refractivity contribution in [2.75, 3.05) is 23.7 Å². The zero-order valence-electron chi connectivity index (χ0n) is 16.2. The number of fused-ring (bicyclic) bond motifs is 1. The summed E-state index contributed by atoms with van der Waals surface area (Å²) in [7, 11) is 0. The quantitative estimate of drug-likeness (QED) is 0.763. The summed E-state index contributed by atoms with van der Waals surface area (Å²) >= 11 is 1.29. The van der Waals surface area contributed by atoms with E-state index < -0.39 is 5.25 Å². The molecule has 2 aliphatic heterocycles. The zero-order chi connectivity index (χ0) is 20.4. The van der Waals surface area contributed by atoms with Crippen LogP contribution in [0.2, 0.25) is 0 Å². The number of piperidine rings is 1. The first-order valence-electron chi connectivity index (χ1n) is 9.74. The van der Waals surface area contributed by atoms with Gasteiger partial charge in [0.25, 0.3) is 0 Å². The fourth-order valence-corrected chi connectivity index (χ4v) is 4.78. The molecule has 1 fully saturated rings. The Bertz CT molecular complexity index is 954. The third-order valence-electron chi connectivity index (χ3n) is 5.32. The van der Waals surface area contributed by atoms with Gasteiger partial charge in [0.05, 0.1) is 5.69 Å². The predicted octanol–water partition coefficient (Wildman–Crippen LogP) is 3.29. The maximum atomic E-state index is 12.9. The van der Waals surface area contributed by atoms with E-state index in [1.165, 1.54) is 11.8 Å². The van der Waals surface area contributed by atoms with E-state index >= 15 is 0 Å². The smallest absolute Gasteiger partial charge is 0.247 e. The third kappa shape index (κ3) is 4.29. The Morgan fingerprint density at radius 2 is 1.86 bits per heavy atom. The van der Waals surface area contributed by atoms with Crippen molar-refractivity contribution in [2.45, 2.75) is 29.9 Å². The van der Waals surface area contributed by atoms with Crippen LogP contribution in [0.1, 0.15) is 18.4 Å². The number of nitrogens with one attached hydrogen (secondary N) is 2. The monoisotopic (exact) mass is 409 g/mol. The van der Waals surface area contributed by atoms with Gasteiger partial charge in [0.1, 0.15) is 0 Å². The summed E-state index contributed by atoms with van der Waals surface area (Å²) in [6.45, 7) is 2.95. The van der Waals surface area contributed by atoms with Gasteiger partial charge in [-0.15, -0.1) is 11.8 Å². The molecule has 4 rings (SSSR count). The molecular weight excluding hydrogens is 386 g/mol. The molecule has 0 aliphatic carbocycles. The number of likely N-dealkylation sites (tertiary alicyclic amines) is 1. The number of nitrogens with zero attached hydrogens (tertiary/aromatic N) is 1. The third-order valence-corrected chi connectivity index (χ3v) is 6.58. The molecule has 2 aromatic rings. The Balaban J connectivity index is 1.34. The van der Waals surface area contributed by atoms with Gasteiger partial charge in [-0.1, -0.05) is 24.3 Å². The van der Waals surface area contributed by atoms with Crippen LogP contribution in [0.3, 0.4) is 0 Å². The van der Waals surface area contributed by atoms with Crippen LogP contribution in [0.15, 0.2) is 53.4 Å². The highest BCUT2D eigenvalue weighted by molar-refractivity contribution is 8.01. The van der Waals surface area contributed by atoms with Crippen LogP contribution in [0, 0.1) is 12.8 Å². The largest absolute Gasteiger partial charge is 0.341 e. The van der Waals surface area contributed by atoms with E-state index in [1.807, 2.05) is 55.5 Å². The lowest BCUT2D eigenvalue weighted by Gasteiger charge is -2.34. The first-order chi connectivity index (χ1) is 14.0. The highest BCUT2D eigenvalue weighted by Gasteiger charge is 2.37. The van der Waals surface area contributed by atoms with Crippen molar-refractivity contribution in [1.29, 1.82) is 0 Å². The minimum atomic E-state index is -0.775. The van der Waals surface area contributed by atoms with Crippen LogP contribution in [0.25, 0.3) is 0 Å². The van der Waals surface area contributed by atoms with Crippen molar-refractivity contribution in [2.24, 2.45) is 5.92 Å². The Kier molecular flexibility index (Phi) is 5.58. The average Bonchev–Trinajstić information content (AvgIpc) is 2.73. The second-order valence-corrected chi connectivity index (χ2v) is 8.59. The lowest BCUT2D eigenvalue weighted by molar-refractivity contribution is -0.136. The lowest BCUT2D eigenvalue weighted by atomic mass is 9.95. The molecule has 2 aliphatic rings. The highest BCUT2D eigenvalue weighted by Crippen LogP contribution is 2.36. The fourth-order valence-electron chi connectivity index (χ4n) is 3.71. The molecule has 2 heterocycles. The summed E-state index contributed by atoms with van der Waals surface area (Å²) in [5, 5.41) is 5.01. The summed E-state index contributed by atoms with van der Waals surface area (Å²) in [6.07, 6.45) is 1.19. The van der Waals surface area contributed by atoms with E-state index in [-0.39, 0.29) is 23.6 Å². The minimum absolute atomic E-state index is 0.0126. The van der Waals surface area contributed by atoms with Gasteiger partial charge in [0, 0.05) is 29.6 Å². The molecule has 0 unspecified atom stereocenters. The molecule has 29 heavy (non-hydrogen) atoms. The number of hydrogen-bond donors (Lipinski definition) is 2. The number of amides is 3. The normalized spacial score (nSPS) is 19.3. The molecule has 2 aromatic carbocycles. The molecule has 6 nitrogen and oxygen atoms in total. The zero-order valence-corrected chi connectivity index (χ0v) is 17.0. The molecule has 0 radical (unpaired) electrons. The molecule has 0 aromatic heterocycles. The van der Waals surface area contributed by atoms with E-state index in [0.717, 1.165) is 21.8 Å². The van der Waals surface area contributed by atoms with Crippen LogP contribution >= 0.6 is 11.8 Å². The van der Waals surface area contributed by atoms with Gasteiger partial charge < -0.3 is 15.5 Å². The summed E-state index contributed by atoms with van der Waals surface area (Å²) in [5.41, 5.74) is 2.63. The SMILES string of the molecule is Cc1cccc(NC(=O)C2CCN(C(=O)[C@H]3Sc4ccccc4NC3=O)CC2)c1. The van der Waals surface area contributed by atoms with Crippen LogP contribution in [-0.2, 0) is 14.4 Å². The standard InChI is InChI=1S/C22H23N3O3S/c1-14-5-4-6-16(13-14)23-20(26)15-9-11-25(12-10-15)22(28)19-21(27)24-17-7-2-3-8-18(17)29-19/h2-8,13,15,19H,9-12H2,1H3,(H,23,26)(H,24,27)/t19-/m0/s1. The van der Waals surface area contributed by atoms with Gasteiger partial charge in [-0.3, -0.25) is 14.4 Å². The highest BCUT2D eigenvalue weighted by atomic mass is 32.2. The first kappa shape index (κ1) is 19.5. The van der Waals surface area contributed by atoms with Crippen LogP contribution < -0.4 is 10.6 Å². The molecule has 2 N–H and O–H groups in total.